The fourth-order valence-corrected chi connectivity index (χ4v) is 8.00. The van der Waals surface area contributed by atoms with E-state index in [9.17, 15) is 0 Å². The van der Waals surface area contributed by atoms with Crippen LogP contribution in [0.4, 0.5) is 17.1 Å². The molecule has 0 saturated heterocycles. The van der Waals surface area contributed by atoms with Crippen LogP contribution in [0.1, 0.15) is 0 Å². The van der Waals surface area contributed by atoms with Gasteiger partial charge in [0, 0.05) is 38.8 Å². The highest BCUT2D eigenvalue weighted by molar-refractivity contribution is 6.22. The lowest BCUT2D eigenvalue weighted by atomic mass is 9.97. The van der Waals surface area contributed by atoms with Crippen LogP contribution < -0.4 is 4.90 Å². The maximum absolute atomic E-state index is 2.44. The van der Waals surface area contributed by atoms with Crippen molar-refractivity contribution in [2.75, 3.05) is 4.90 Å². The molecule has 0 unspecified atom stereocenters. The number of fused-ring (bicyclic) bond motifs is 6. The topological polar surface area (TPSA) is 8.17 Å². The summed E-state index contributed by atoms with van der Waals surface area (Å²) in [5.74, 6) is 0. The number of nitrogens with zero attached hydrogens (tertiary/aromatic N) is 2. The van der Waals surface area contributed by atoms with Crippen LogP contribution in [0.5, 0.6) is 0 Å². The summed E-state index contributed by atoms with van der Waals surface area (Å²) in [6.07, 6.45) is 0. The minimum atomic E-state index is 1.10. The molecule has 0 fully saturated rings. The summed E-state index contributed by atoms with van der Waals surface area (Å²) < 4.78 is 2.44. The van der Waals surface area contributed by atoms with Gasteiger partial charge in [-0.1, -0.05) is 158 Å². The lowest BCUT2D eigenvalue weighted by Gasteiger charge is -2.28. The van der Waals surface area contributed by atoms with Gasteiger partial charge in [0.15, 0.2) is 0 Å². The summed E-state index contributed by atoms with van der Waals surface area (Å²) in [6, 6.07) is 74.7. The number of hydrogen-bond donors (Lipinski definition) is 0. The molecule has 0 N–H and O–H groups in total. The van der Waals surface area contributed by atoms with Gasteiger partial charge in [-0.25, -0.2) is 0 Å². The van der Waals surface area contributed by atoms with E-state index < -0.39 is 0 Å². The molecule has 0 bridgehead atoms. The third-order valence-electron chi connectivity index (χ3n) is 10.3. The fourth-order valence-electron chi connectivity index (χ4n) is 8.00. The molecule has 0 aliphatic heterocycles. The molecule has 244 valence electrons. The van der Waals surface area contributed by atoms with E-state index in [0.29, 0.717) is 0 Å². The largest absolute Gasteiger partial charge is 0.310 e. The number of rotatable bonds is 6. The molecule has 9 aromatic carbocycles. The second-order valence-electron chi connectivity index (χ2n) is 13.4. The highest BCUT2D eigenvalue weighted by atomic mass is 15.1. The lowest BCUT2D eigenvalue weighted by Crippen LogP contribution is -2.11. The fraction of sp³-hybridized carbons (Fsp3) is 0. The van der Waals surface area contributed by atoms with Gasteiger partial charge >= 0.3 is 0 Å². The summed E-state index contributed by atoms with van der Waals surface area (Å²) in [5.41, 5.74) is 11.7. The first-order valence-electron chi connectivity index (χ1n) is 17.9. The number of hydrogen-bond acceptors (Lipinski definition) is 1. The van der Waals surface area contributed by atoms with E-state index in [0.717, 1.165) is 22.7 Å². The Morgan fingerprint density at radius 3 is 1.87 bits per heavy atom. The average Bonchev–Trinajstić information content (AvgIpc) is 3.57. The number of para-hydroxylation sites is 2. The van der Waals surface area contributed by atoms with Crippen LogP contribution in [-0.4, -0.2) is 4.57 Å². The Kier molecular flexibility index (Phi) is 7.18. The summed E-state index contributed by atoms with van der Waals surface area (Å²) in [6.45, 7) is 0. The van der Waals surface area contributed by atoms with Gasteiger partial charge in [-0.2, -0.15) is 0 Å². The molecule has 2 heteroatoms. The summed E-state index contributed by atoms with van der Waals surface area (Å²) in [4.78, 5) is 2.42. The van der Waals surface area contributed by atoms with Crippen molar-refractivity contribution >= 4 is 60.4 Å². The van der Waals surface area contributed by atoms with Gasteiger partial charge in [0.2, 0.25) is 0 Å². The Balaban J connectivity index is 1.23. The SMILES string of the molecule is c1ccc(-c2ccccc2N(c2cccc(-c3cccc4c3c3ccc5ccccc5c3n4-c3ccccc3)c2)c2ccc3ccccc3c2)cc1. The van der Waals surface area contributed by atoms with Crippen molar-refractivity contribution in [2.45, 2.75) is 0 Å². The van der Waals surface area contributed by atoms with E-state index in [1.165, 1.54) is 65.6 Å². The standard InChI is InChI=1S/C50H34N2/c1-3-16-36(17-4-1)43-24-11-12-27-47(43)51(42-31-29-35-15-7-8-19-38(35)33-42)41-23-13-20-39(34-41)44-26-14-28-48-49(44)46-32-30-37-18-9-10-25-45(37)50(46)52(48)40-21-5-2-6-22-40/h1-34H. The minimum absolute atomic E-state index is 1.10. The zero-order valence-electron chi connectivity index (χ0n) is 28.5. The number of benzene rings is 9. The van der Waals surface area contributed by atoms with Crippen molar-refractivity contribution in [3.05, 3.63) is 206 Å². The zero-order chi connectivity index (χ0) is 34.4. The highest BCUT2D eigenvalue weighted by Gasteiger charge is 2.21. The maximum atomic E-state index is 2.44. The summed E-state index contributed by atoms with van der Waals surface area (Å²) in [7, 11) is 0. The van der Waals surface area contributed by atoms with Crippen LogP contribution in [0, 0.1) is 0 Å². The van der Waals surface area contributed by atoms with E-state index in [2.05, 4.69) is 216 Å². The average molecular weight is 663 g/mol. The first kappa shape index (κ1) is 30.0. The van der Waals surface area contributed by atoms with Crippen LogP contribution in [0.2, 0.25) is 0 Å². The Labute approximate surface area is 303 Å². The quantitative estimate of drug-likeness (QED) is 0.172. The Morgan fingerprint density at radius 2 is 1.00 bits per heavy atom. The Hall–Kier alpha value is -6.90. The van der Waals surface area contributed by atoms with E-state index in [4.69, 9.17) is 0 Å². The van der Waals surface area contributed by atoms with Crippen molar-refractivity contribution in [3.8, 4) is 27.9 Å². The molecule has 2 nitrogen and oxygen atoms in total. The molecule has 0 amide bonds. The Morgan fingerprint density at radius 1 is 0.365 bits per heavy atom. The molecule has 10 aromatic rings. The molecule has 0 radical (unpaired) electrons. The Bertz CT molecular complexity index is 2900. The first-order valence-corrected chi connectivity index (χ1v) is 17.9. The maximum Gasteiger partial charge on any atom is 0.0619 e. The third-order valence-corrected chi connectivity index (χ3v) is 10.3. The van der Waals surface area contributed by atoms with Gasteiger partial charge in [-0.3, -0.25) is 0 Å². The molecule has 52 heavy (non-hydrogen) atoms. The second kappa shape index (κ2) is 12.5. The molecule has 0 aliphatic rings. The molecule has 0 saturated carbocycles. The first-order chi connectivity index (χ1) is 25.8. The molecule has 1 heterocycles. The molecule has 1 aromatic heterocycles. The van der Waals surface area contributed by atoms with Crippen LogP contribution in [0.15, 0.2) is 206 Å². The van der Waals surface area contributed by atoms with Crippen molar-refractivity contribution < 1.29 is 0 Å². The van der Waals surface area contributed by atoms with E-state index in [1.807, 2.05) is 0 Å². The molecule has 0 atom stereocenters. The predicted octanol–water partition coefficient (Wildman–Crippen LogP) is 13.9. The van der Waals surface area contributed by atoms with Crippen LogP contribution >= 0.6 is 0 Å². The molecule has 0 aliphatic carbocycles. The second-order valence-corrected chi connectivity index (χ2v) is 13.4. The van der Waals surface area contributed by atoms with Crippen LogP contribution in [-0.2, 0) is 0 Å². The van der Waals surface area contributed by atoms with Gasteiger partial charge in [0.25, 0.3) is 0 Å². The molecular weight excluding hydrogens is 629 g/mol. The van der Waals surface area contributed by atoms with Crippen molar-refractivity contribution in [1.82, 2.24) is 4.57 Å². The molecule has 0 spiro atoms. The van der Waals surface area contributed by atoms with E-state index in [-0.39, 0.29) is 0 Å². The number of aromatic nitrogens is 1. The lowest BCUT2D eigenvalue weighted by molar-refractivity contribution is 1.19. The normalized spacial score (nSPS) is 11.5. The monoisotopic (exact) mass is 662 g/mol. The van der Waals surface area contributed by atoms with Gasteiger partial charge < -0.3 is 9.47 Å². The zero-order valence-corrected chi connectivity index (χ0v) is 28.5. The van der Waals surface area contributed by atoms with Crippen LogP contribution in [0.25, 0.3) is 71.3 Å². The van der Waals surface area contributed by atoms with Crippen molar-refractivity contribution in [3.63, 3.8) is 0 Å². The van der Waals surface area contributed by atoms with Crippen LogP contribution in [0.3, 0.4) is 0 Å². The van der Waals surface area contributed by atoms with Gasteiger partial charge in [0.05, 0.1) is 16.7 Å². The van der Waals surface area contributed by atoms with Gasteiger partial charge in [-0.15, -0.1) is 0 Å². The van der Waals surface area contributed by atoms with E-state index >= 15 is 0 Å². The number of anilines is 3. The predicted molar refractivity (Wildman–Crippen MR) is 221 cm³/mol. The molecule has 10 rings (SSSR count). The third kappa shape index (κ3) is 4.96. The molecular formula is C50H34N2. The van der Waals surface area contributed by atoms with Gasteiger partial charge in [-0.05, 0) is 81.4 Å². The summed E-state index contributed by atoms with van der Waals surface area (Å²) in [5, 5.41) is 7.43. The van der Waals surface area contributed by atoms with E-state index in [1.54, 1.807) is 0 Å². The van der Waals surface area contributed by atoms with Crippen molar-refractivity contribution in [1.29, 1.82) is 0 Å². The highest BCUT2D eigenvalue weighted by Crippen LogP contribution is 2.45. The summed E-state index contributed by atoms with van der Waals surface area (Å²) >= 11 is 0. The smallest absolute Gasteiger partial charge is 0.0619 e. The van der Waals surface area contributed by atoms with Crippen molar-refractivity contribution in [2.24, 2.45) is 0 Å². The minimum Gasteiger partial charge on any atom is -0.310 e. The van der Waals surface area contributed by atoms with Gasteiger partial charge in [0.1, 0.15) is 0 Å².